The molecule has 0 aliphatic heterocycles. The SMILES string of the molecule is Cn1c(=O)c2ccc(S(=O)(=O)O)cc2n(C)c1=O. The van der Waals surface area contributed by atoms with Crippen molar-refractivity contribution in [2.75, 3.05) is 0 Å². The van der Waals surface area contributed by atoms with Crippen molar-refractivity contribution < 1.29 is 13.0 Å². The predicted molar refractivity (Wildman–Crippen MR) is 64.2 cm³/mol. The zero-order valence-electron chi connectivity index (χ0n) is 9.61. The fraction of sp³-hybridized carbons (Fsp3) is 0.200. The minimum atomic E-state index is -4.37. The Hall–Kier alpha value is -1.93. The molecule has 0 fully saturated rings. The molecule has 0 radical (unpaired) electrons. The number of aromatic nitrogens is 2. The van der Waals surface area contributed by atoms with E-state index in [-0.39, 0.29) is 15.8 Å². The average molecular weight is 270 g/mol. The number of hydrogen-bond donors (Lipinski definition) is 1. The van der Waals surface area contributed by atoms with Gasteiger partial charge in [-0.25, -0.2) is 4.79 Å². The normalized spacial score (nSPS) is 11.9. The summed E-state index contributed by atoms with van der Waals surface area (Å²) in [6.45, 7) is 0. The maximum atomic E-state index is 11.8. The first kappa shape index (κ1) is 12.5. The zero-order chi connectivity index (χ0) is 13.7. The lowest BCUT2D eigenvalue weighted by molar-refractivity contribution is 0.483. The standard InChI is InChI=1S/C10H10N2O5S/c1-11-8-5-6(18(15,16)17)3-4-7(8)9(13)12(2)10(11)14/h3-5H,1-2H3,(H,15,16,17). The van der Waals surface area contributed by atoms with Crippen LogP contribution in [0.1, 0.15) is 0 Å². The number of nitrogens with zero attached hydrogens (tertiary/aromatic N) is 2. The summed E-state index contributed by atoms with van der Waals surface area (Å²) in [6.07, 6.45) is 0. The van der Waals surface area contributed by atoms with Crippen molar-refractivity contribution in [1.82, 2.24) is 9.13 Å². The van der Waals surface area contributed by atoms with E-state index in [0.717, 1.165) is 21.3 Å². The largest absolute Gasteiger partial charge is 0.330 e. The summed E-state index contributed by atoms with van der Waals surface area (Å²) < 4.78 is 33.0. The van der Waals surface area contributed by atoms with Gasteiger partial charge in [0.2, 0.25) is 0 Å². The van der Waals surface area contributed by atoms with Crippen LogP contribution in [0.15, 0.2) is 32.7 Å². The number of benzene rings is 1. The molecular formula is C10H10N2O5S. The third-order valence-corrected chi connectivity index (χ3v) is 3.59. The molecular weight excluding hydrogens is 260 g/mol. The van der Waals surface area contributed by atoms with Crippen LogP contribution >= 0.6 is 0 Å². The monoisotopic (exact) mass is 270 g/mol. The summed E-state index contributed by atoms with van der Waals surface area (Å²) in [5.41, 5.74) is -0.937. The molecule has 0 saturated heterocycles. The van der Waals surface area contributed by atoms with Crippen LogP contribution in [0.3, 0.4) is 0 Å². The van der Waals surface area contributed by atoms with Gasteiger partial charge in [-0.1, -0.05) is 0 Å². The molecule has 0 aliphatic rings. The fourth-order valence-corrected chi connectivity index (χ4v) is 2.23. The van der Waals surface area contributed by atoms with Crippen LogP contribution < -0.4 is 11.2 Å². The highest BCUT2D eigenvalue weighted by atomic mass is 32.2. The van der Waals surface area contributed by atoms with E-state index < -0.39 is 21.4 Å². The summed E-state index contributed by atoms with van der Waals surface area (Å²) in [4.78, 5) is 23.1. The van der Waals surface area contributed by atoms with E-state index in [1.165, 1.54) is 20.2 Å². The van der Waals surface area contributed by atoms with Crippen LogP contribution in [0.25, 0.3) is 10.9 Å². The Bertz CT molecular complexity index is 860. The summed E-state index contributed by atoms with van der Waals surface area (Å²) >= 11 is 0. The molecule has 2 aromatic rings. The summed E-state index contributed by atoms with van der Waals surface area (Å²) in [6, 6.07) is 3.47. The van der Waals surface area contributed by atoms with E-state index in [2.05, 4.69) is 0 Å². The highest BCUT2D eigenvalue weighted by molar-refractivity contribution is 7.85. The Morgan fingerprint density at radius 3 is 2.28 bits per heavy atom. The van der Waals surface area contributed by atoms with Gasteiger partial charge in [-0.05, 0) is 18.2 Å². The topological polar surface area (TPSA) is 98.4 Å². The molecule has 1 aromatic heterocycles. The molecule has 1 heterocycles. The van der Waals surface area contributed by atoms with Gasteiger partial charge in [0.05, 0.1) is 15.8 Å². The fourth-order valence-electron chi connectivity index (χ4n) is 1.73. The molecule has 0 bridgehead atoms. The van der Waals surface area contributed by atoms with E-state index in [0.29, 0.717) is 0 Å². The van der Waals surface area contributed by atoms with Gasteiger partial charge < -0.3 is 0 Å². The van der Waals surface area contributed by atoms with Crippen LogP contribution in [0.4, 0.5) is 0 Å². The van der Waals surface area contributed by atoms with Gasteiger partial charge >= 0.3 is 5.69 Å². The maximum Gasteiger partial charge on any atom is 0.330 e. The van der Waals surface area contributed by atoms with Gasteiger partial charge in [0.15, 0.2) is 0 Å². The summed E-state index contributed by atoms with van der Waals surface area (Å²) in [7, 11) is -1.62. The third-order valence-electron chi connectivity index (χ3n) is 2.74. The molecule has 0 amide bonds. The molecule has 7 nitrogen and oxygen atoms in total. The molecule has 0 aliphatic carbocycles. The van der Waals surface area contributed by atoms with Crippen molar-refractivity contribution in [3.8, 4) is 0 Å². The molecule has 1 aromatic carbocycles. The van der Waals surface area contributed by atoms with Crippen LogP contribution in [0, 0.1) is 0 Å². The maximum absolute atomic E-state index is 11.8. The van der Waals surface area contributed by atoms with Crippen LogP contribution in [0.5, 0.6) is 0 Å². The van der Waals surface area contributed by atoms with E-state index in [1.807, 2.05) is 0 Å². The van der Waals surface area contributed by atoms with Crippen molar-refractivity contribution in [2.24, 2.45) is 14.1 Å². The van der Waals surface area contributed by atoms with Gasteiger partial charge in [-0.3, -0.25) is 18.5 Å². The smallest absolute Gasteiger partial charge is 0.296 e. The molecule has 0 saturated carbocycles. The highest BCUT2D eigenvalue weighted by Crippen LogP contribution is 2.14. The third kappa shape index (κ3) is 1.75. The Balaban J connectivity index is 3.05. The van der Waals surface area contributed by atoms with Crippen molar-refractivity contribution in [3.05, 3.63) is 39.0 Å². The molecule has 8 heteroatoms. The molecule has 1 N–H and O–H groups in total. The zero-order valence-corrected chi connectivity index (χ0v) is 10.4. The summed E-state index contributed by atoms with van der Waals surface area (Å²) in [5, 5.41) is 0.201. The second-order valence-electron chi connectivity index (χ2n) is 3.86. The van der Waals surface area contributed by atoms with Gasteiger partial charge in [-0.15, -0.1) is 0 Å². The summed E-state index contributed by atoms with van der Waals surface area (Å²) in [5.74, 6) is 0. The van der Waals surface area contributed by atoms with Gasteiger partial charge in [-0.2, -0.15) is 8.42 Å². The second-order valence-corrected chi connectivity index (χ2v) is 5.28. The Morgan fingerprint density at radius 2 is 1.72 bits per heavy atom. The first-order valence-corrected chi connectivity index (χ1v) is 6.35. The van der Waals surface area contributed by atoms with Crippen molar-refractivity contribution >= 4 is 21.0 Å². The predicted octanol–water partition coefficient (Wildman–Crippen LogP) is -0.516. The van der Waals surface area contributed by atoms with Gasteiger partial charge in [0.1, 0.15) is 0 Å². The highest BCUT2D eigenvalue weighted by Gasteiger charge is 2.14. The van der Waals surface area contributed by atoms with Gasteiger partial charge in [0.25, 0.3) is 15.7 Å². The first-order valence-electron chi connectivity index (χ1n) is 4.91. The lowest BCUT2D eigenvalue weighted by Gasteiger charge is -2.07. The lowest BCUT2D eigenvalue weighted by atomic mass is 10.2. The van der Waals surface area contributed by atoms with Crippen LogP contribution in [0.2, 0.25) is 0 Å². The minimum Gasteiger partial charge on any atom is -0.296 e. The molecule has 2 rings (SSSR count). The van der Waals surface area contributed by atoms with Crippen molar-refractivity contribution in [3.63, 3.8) is 0 Å². The quantitative estimate of drug-likeness (QED) is 0.703. The molecule has 96 valence electrons. The molecule has 0 spiro atoms. The van der Waals surface area contributed by atoms with E-state index in [9.17, 15) is 18.0 Å². The van der Waals surface area contributed by atoms with E-state index >= 15 is 0 Å². The lowest BCUT2D eigenvalue weighted by Crippen LogP contribution is -2.36. The number of rotatable bonds is 1. The second kappa shape index (κ2) is 3.79. The average Bonchev–Trinajstić information content (AvgIpc) is 2.32. The first-order chi connectivity index (χ1) is 8.23. The van der Waals surface area contributed by atoms with Crippen LogP contribution in [-0.2, 0) is 24.2 Å². The minimum absolute atomic E-state index is 0.151. The van der Waals surface area contributed by atoms with E-state index in [1.54, 1.807) is 0 Å². The van der Waals surface area contributed by atoms with Crippen LogP contribution in [-0.4, -0.2) is 22.1 Å². The Kier molecular flexibility index (Phi) is 2.63. The Labute approximate surface area is 102 Å². The number of fused-ring (bicyclic) bond motifs is 1. The van der Waals surface area contributed by atoms with E-state index in [4.69, 9.17) is 4.55 Å². The number of hydrogen-bond acceptors (Lipinski definition) is 4. The Morgan fingerprint density at radius 1 is 1.11 bits per heavy atom. The molecule has 0 atom stereocenters. The van der Waals surface area contributed by atoms with Gasteiger partial charge in [0, 0.05) is 14.1 Å². The molecule has 0 unspecified atom stereocenters. The van der Waals surface area contributed by atoms with Crippen molar-refractivity contribution in [1.29, 1.82) is 0 Å². The number of aryl methyl sites for hydroxylation is 1. The van der Waals surface area contributed by atoms with Crippen molar-refractivity contribution in [2.45, 2.75) is 4.90 Å². The molecule has 18 heavy (non-hydrogen) atoms.